The van der Waals surface area contributed by atoms with Crippen LogP contribution < -0.4 is 10.1 Å². The Bertz CT molecular complexity index is 377. The van der Waals surface area contributed by atoms with Crippen LogP contribution in [-0.4, -0.2) is 17.4 Å². The van der Waals surface area contributed by atoms with Crippen LogP contribution in [-0.2, 0) is 0 Å². The summed E-state index contributed by atoms with van der Waals surface area (Å²) in [6, 6.07) is 3.15. The van der Waals surface area contributed by atoms with Crippen molar-refractivity contribution in [1.82, 2.24) is 4.98 Å². The molecule has 94 valence electrons. The minimum Gasteiger partial charge on any atom is -0.404 e. The van der Waals surface area contributed by atoms with Gasteiger partial charge in [0.25, 0.3) is 0 Å². The molecule has 0 bridgehead atoms. The molecule has 2 rings (SSSR count). The van der Waals surface area contributed by atoms with Crippen molar-refractivity contribution in [1.29, 1.82) is 0 Å². The number of nitrogens with one attached hydrogen (secondary N) is 1. The molecule has 2 atom stereocenters. The third kappa shape index (κ3) is 3.51. The first-order valence-corrected chi connectivity index (χ1v) is 5.46. The molecule has 6 heteroatoms. The van der Waals surface area contributed by atoms with Gasteiger partial charge in [-0.05, 0) is 24.5 Å². The van der Waals surface area contributed by atoms with Crippen LogP contribution in [0.2, 0.25) is 0 Å². The second kappa shape index (κ2) is 4.43. The summed E-state index contributed by atoms with van der Waals surface area (Å²) in [6.07, 6.45) is -1.40. The Hall–Kier alpha value is -1.46. The van der Waals surface area contributed by atoms with E-state index in [-0.39, 0.29) is 5.75 Å². The number of rotatable bonds is 4. The first-order valence-electron chi connectivity index (χ1n) is 5.46. The number of aromatic nitrogens is 1. The van der Waals surface area contributed by atoms with E-state index in [4.69, 9.17) is 0 Å². The molecule has 0 radical (unpaired) electrons. The van der Waals surface area contributed by atoms with Crippen LogP contribution >= 0.6 is 0 Å². The van der Waals surface area contributed by atoms with Gasteiger partial charge in [-0.15, -0.1) is 13.2 Å². The van der Waals surface area contributed by atoms with Crippen LogP contribution in [0.3, 0.4) is 0 Å². The summed E-state index contributed by atoms with van der Waals surface area (Å²) in [5.74, 6) is 0.939. The quantitative estimate of drug-likeness (QED) is 0.885. The highest BCUT2D eigenvalue weighted by molar-refractivity contribution is 5.40. The van der Waals surface area contributed by atoms with E-state index in [1.807, 2.05) is 0 Å². The maximum absolute atomic E-state index is 11.9. The standard InChI is InChI=1S/C11H13F3N2O/c1-2-7-5-9(7)16-10-4-3-8(6-15-10)17-11(12,13)14/h3-4,6-7,9H,2,5H2,1H3,(H,15,16). The van der Waals surface area contributed by atoms with Gasteiger partial charge in [0, 0.05) is 6.04 Å². The smallest absolute Gasteiger partial charge is 0.404 e. The Morgan fingerprint density at radius 1 is 1.47 bits per heavy atom. The molecule has 0 amide bonds. The van der Waals surface area contributed by atoms with Crippen LogP contribution in [0, 0.1) is 5.92 Å². The largest absolute Gasteiger partial charge is 0.573 e. The molecule has 1 aromatic heterocycles. The number of anilines is 1. The van der Waals surface area contributed by atoms with Gasteiger partial charge in [0.1, 0.15) is 11.6 Å². The average molecular weight is 246 g/mol. The van der Waals surface area contributed by atoms with Crippen molar-refractivity contribution in [3.8, 4) is 5.75 Å². The fraction of sp³-hybridized carbons (Fsp3) is 0.545. The van der Waals surface area contributed by atoms with Crippen LogP contribution in [0.25, 0.3) is 0 Å². The van der Waals surface area contributed by atoms with Crippen molar-refractivity contribution in [3.63, 3.8) is 0 Å². The maximum Gasteiger partial charge on any atom is 0.573 e. The first kappa shape index (κ1) is 12.0. The number of hydrogen-bond donors (Lipinski definition) is 1. The zero-order valence-corrected chi connectivity index (χ0v) is 9.29. The van der Waals surface area contributed by atoms with Gasteiger partial charge in [-0.1, -0.05) is 13.3 Å². The summed E-state index contributed by atoms with van der Waals surface area (Å²) >= 11 is 0. The number of nitrogens with zero attached hydrogens (tertiary/aromatic N) is 1. The van der Waals surface area contributed by atoms with Gasteiger partial charge in [-0.3, -0.25) is 0 Å². The normalized spacial score (nSPS) is 23.3. The van der Waals surface area contributed by atoms with E-state index in [0.717, 1.165) is 19.0 Å². The number of pyridine rings is 1. The molecule has 1 aliphatic carbocycles. The lowest BCUT2D eigenvalue weighted by Crippen LogP contribution is -2.17. The molecule has 1 aliphatic rings. The van der Waals surface area contributed by atoms with Gasteiger partial charge in [-0.25, -0.2) is 4.98 Å². The Morgan fingerprint density at radius 2 is 2.24 bits per heavy atom. The van der Waals surface area contributed by atoms with Gasteiger partial charge in [0.15, 0.2) is 0 Å². The van der Waals surface area contributed by atoms with E-state index in [9.17, 15) is 13.2 Å². The van der Waals surface area contributed by atoms with Crippen molar-refractivity contribution in [2.45, 2.75) is 32.2 Å². The zero-order chi connectivity index (χ0) is 12.5. The van der Waals surface area contributed by atoms with Gasteiger partial charge in [0.2, 0.25) is 0 Å². The molecular formula is C11H13F3N2O. The molecule has 1 N–H and O–H groups in total. The minimum absolute atomic E-state index is 0.300. The topological polar surface area (TPSA) is 34.1 Å². The molecule has 0 saturated heterocycles. The molecule has 0 aromatic carbocycles. The lowest BCUT2D eigenvalue weighted by molar-refractivity contribution is -0.274. The minimum atomic E-state index is -4.67. The van der Waals surface area contributed by atoms with E-state index >= 15 is 0 Å². The monoisotopic (exact) mass is 246 g/mol. The Labute approximate surface area is 97.0 Å². The maximum atomic E-state index is 11.9. The number of ether oxygens (including phenoxy) is 1. The van der Waals surface area contributed by atoms with Gasteiger partial charge in [0.05, 0.1) is 6.20 Å². The van der Waals surface area contributed by atoms with Gasteiger partial charge < -0.3 is 10.1 Å². The summed E-state index contributed by atoms with van der Waals surface area (Å²) in [6.45, 7) is 2.11. The highest BCUT2D eigenvalue weighted by Crippen LogP contribution is 2.35. The predicted octanol–water partition coefficient (Wildman–Crippen LogP) is 3.19. The zero-order valence-electron chi connectivity index (χ0n) is 9.29. The van der Waals surface area contributed by atoms with E-state index in [0.29, 0.717) is 17.8 Å². The van der Waals surface area contributed by atoms with Crippen molar-refractivity contribution < 1.29 is 17.9 Å². The lowest BCUT2D eigenvalue weighted by Gasteiger charge is -2.09. The van der Waals surface area contributed by atoms with Crippen LogP contribution in [0.4, 0.5) is 19.0 Å². The van der Waals surface area contributed by atoms with E-state index < -0.39 is 6.36 Å². The molecule has 1 fully saturated rings. The average Bonchev–Trinajstić information content (AvgIpc) is 2.97. The third-order valence-corrected chi connectivity index (χ3v) is 2.75. The van der Waals surface area contributed by atoms with E-state index in [2.05, 4.69) is 22.0 Å². The SMILES string of the molecule is CCC1CC1Nc1ccc(OC(F)(F)F)cn1. The molecular weight excluding hydrogens is 233 g/mol. The fourth-order valence-corrected chi connectivity index (χ4v) is 1.73. The molecule has 0 aliphatic heterocycles. The Kier molecular flexibility index (Phi) is 3.13. The van der Waals surface area contributed by atoms with E-state index in [1.54, 1.807) is 0 Å². The second-order valence-electron chi connectivity index (χ2n) is 4.08. The molecule has 1 aromatic rings. The molecule has 17 heavy (non-hydrogen) atoms. The molecule has 3 nitrogen and oxygen atoms in total. The number of halogens is 3. The summed E-state index contributed by atoms with van der Waals surface area (Å²) in [5, 5.41) is 3.16. The lowest BCUT2D eigenvalue weighted by atomic mass is 10.3. The summed E-state index contributed by atoms with van der Waals surface area (Å²) in [7, 11) is 0. The van der Waals surface area contributed by atoms with Crippen LogP contribution in [0.5, 0.6) is 5.75 Å². The van der Waals surface area contributed by atoms with Gasteiger partial charge in [-0.2, -0.15) is 0 Å². The summed E-state index contributed by atoms with van der Waals surface area (Å²) < 4.78 is 39.4. The summed E-state index contributed by atoms with van der Waals surface area (Å²) in [5.41, 5.74) is 0. The van der Waals surface area contributed by atoms with Crippen LogP contribution in [0.1, 0.15) is 19.8 Å². The van der Waals surface area contributed by atoms with E-state index in [1.165, 1.54) is 12.1 Å². The molecule has 0 spiro atoms. The highest BCUT2D eigenvalue weighted by atomic mass is 19.4. The van der Waals surface area contributed by atoms with Crippen molar-refractivity contribution >= 4 is 5.82 Å². The van der Waals surface area contributed by atoms with Crippen molar-refractivity contribution in [2.75, 3.05) is 5.32 Å². The van der Waals surface area contributed by atoms with Crippen LogP contribution in [0.15, 0.2) is 18.3 Å². The van der Waals surface area contributed by atoms with Crippen molar-refractivity contribution in [3.05, 3.63) is 18.3 Å². The number of alkyl halides is 3. The highest BCUT2D eigenvalue weighted by Gasteiger charge is 2.35. The Balaban J connectivity index is 1.90. The third-order valence-electron chi connectivity index (χ3n) is 2.75. The second-order valence-corrected chi connectivity index (χ2v) is 4.08. The fourth-order valence-electron chi connectivity index (χ4n) is 1.73. The Morgan fingerprint density at radius 3 is 2.71 bits per heavy atom. The predicted molar refractivity (Wildman–Crippen MR) is 56.7 cm³/mol. The van der Waals surface area contributed by atoms with Gasteiger partial charge >= 0.3 is 6.36 Å². The van der Waals surface area contributed by atoms with Crippen molar-refractivity contribution in [2.24, 2.45) is 5.92 Å². The number of hydrogen-bond acceptors (Lipinski definition) is 3. The first-order chi connectivity index (χ1) is 7.98. The molecule has 2 unspecified atom stereocenters. The summed E-state index contributed by atoms with van der Waals surface area (Å²) in [4.78, 5) is 3.88. The molecule has 1 saturated carbocycles. The molecule has 1 heterocycles.